The lowest BCUT2D eigenvalue weighted by molar-refractivity contribution is 0.222. The normalized spacial score (nSPS) is 18.5. The molecule has 0 atom stereocenters. The maximum absolute atomic E-state index is 2.66. The molecule has 1 heterocycles. The third-order valence-electron chi connectivity index (χ3n) is 5.60. The first-order valence-corrected chi connectivity index (χ1v) is 9.42. The minimum Gasteiger partial charge on any atom is -0.355 e. The number of likely N-dealkylation sites (tertiary alicyclic amines) is 1. The summed E-state index contributed by atoms with van der Waals surface area (Å²) in [5, 5.41) is 0. The molecule has 2 aromatic carbocycles. The number of fused-ring (bicyclic) bond motifs is 1. The molecular formula is C22H28N2. The molecule has 126 valence electrons. The van der Waals surface area contributed by atoms with Crippen LogP contribution in [-0.2, 0) is 12.8 Å². The fourth-order valence-corrected chi connectivity index (χ4v) is 4.29. The minimum absolute atomic E-state index is 0.589. The lowest BCUT2D eigenvalue weighted by Gasteiger charge is -2.38. The number of benzene rings is 2. The summed E-state index contributed by atoms with van der Waals surface area (Å²) in [6.45, 7) is 5.78. The molecule has 1 fully saturated rings. The maximum atomic E-state index is 2.66. The molecule has 0 unspecified atom stereocenters. The molecule has 1 aliphatic heterocycles. The van der Waals surface area contributed by atoms with Gasteiger partial charge in [-0.2, -0.15) is 0 Å². The summed E-state index contributed by atoms with van der Waals surface area (Å²) in [5.74, 6) is 0. The van der Waals surface area contributed by atoms with Crippen LogP contribution in [0.4, 0.5) is 5.69 Å². The molecule has 2 aromatic rings. The molecule has 1 saturated heterocycles. The van der Waals surface area contributed by atoms with Crippen LogP contribution in [0.1, 0.15) is 36.0 Å². The van der Waals surface area contributed by atoms with Gasteiger partial charge in [-0.25, -0.2) is 0 Å². The monoisotopic (exact) mass is 320 g/mol. The van der Waals surface area contributed by atoms with Crippen LogP contribution in [0.5, 0.6) is 0 Å². The van der Waals surface area contributed by atoms with Crippen molar-refractivity contribution in [3.05, 3.63) is 65.2 Å². The lowest BCUT2D eigenvalue weighted by atomic mass is 10.1. The van der Waals surface area contributed by atoms with E-state index < -0.39 is 0 Å². The van der Waals surface area contributed by atoms with E-state index in [0.29, 0.717) is 6.04 Å². The average Bonchev–Trinajstić information content (AvgIpc) is 3.04. The molecule has 0 bridgehead atoms. The van der Waals surface area contributed by atoms with Gasteiger partial charge < -0.3 is 4.90 Å². The van der Waals surface area contributed by atoms with Crippen molar-refractivity contribution in [2.45, 2.75) is 45.1 Å². The number of piperidine rings is 1. The van der Waals surface area contributed by atoms with Gasteiger partial charge >= 0.3 is 0 Å². The highest BCUT2D eigenvalue weighted by molar-refractivity contribution is 5.51. The van der Waals surface area contributed by atoms with Crippen molar-refractivity contribution in [2.24, 2.45) is 0 Å². The molecule has 0 saturated carbocycles. The van der Waals surface area contributed by atoms with E-state index >= 15 is 0 Å². The summed E-state index contributed by atoms with van der Waals surface area (Å²) in [7, 11) is 0. The highest BCUT2D eigenvalue weighted by atomic mass is 15.3. The Bertz CT molecular complexity index is 663. The van der Waals surface area contributed by atoms with Crippen molar-refractivity contribution in [1.29, 1.82) is 0 Å². The van der Waals surface area contributed by atoms with Gasteiger partial charge in [0.1, 0.15) is 0 Å². The topological polar surface area (TPSA) is 6.48 Å². The summed E-state index contributed by atoms with van der Waals surface area (Å²) < 4.78 is 0. The second kappa shape index (κ2) is 6.98. The van der Waals surface area contributed by atoms with Crippen LogP contribution in [-0.4, -0.2) is 30.7 Å². The predicted molar refractivity (Wildman–Crippen MR) is 102 cm³/mol. The number of nitrogens with zero attached hydrogens (tertiary/aromatic N) is 2. The Labute approximate surface area is 146 Å². The molecule has 0 N–H and O–H groups in total. The fraction of sp³-hybridized carbons (Fsp3) is 0.455. The van der Waals surface area contributed by atoms with Gasteiger partial charge in [-0.15, -0.1) is 0 Å². The van der Waals surface area contributed by atoms with Gasteiger partial charge in [0.2, 0.25) is 0 Å². The fourth-order valence-electron chi connectivity index (χ4n) is 4.29. The van der Waals surface area contributed by atoms with E-state index in [2.05, 4.69) is 65.3 Å². The molecule has 0 radical (unpaired) electrons. The minimum atomic E-state index is 0.589. The summed E-state index contributed by atoms with van der Waals surface area (Å²) in [6.07, 6.45) is 6.46. The Morgan fingerprint density at radius 1 is 0.917 bits per heavy atom. The average molecular weight is 320 g/mol. The second-order valence-electron chi connectivity index (χ2n) is 7.46. The van der Waals surface area contributed by atoms with E-state index in [1.165, 1.54) is 56.4 Å². The van der Waals surface area contributed by atoms with Crippen LogP contribution in [0, 0.1) is 6.92 Å². The predicted octanol–water partition coefficient (Wildman–Crippen LogP) is 4.41. The highest BCUT2D eigenvalue weighted by Gasteiger charge is 2.28. The largest absolute Gasteiger partial charge is 0.355 e. The number of aryl methyl sites for hydroxylation is 1. The third-order valence-corrected chi connectivity index (χ3v) is 5.60. The third kappa shape index (κ3) is 3.34. The van der Waals surface area contributed by atoms with Gasteiger partial charge in [0.05, 0.1) is 6.67 Å². The van der Waals surface area contributed by atoms with Crippen molar-refractivity contribution in [1.82, 2.24) is 4.90 Å². The van der Waals surface area contributed by atoms with E-state index in [1.807, 2.05) is 0 Å². The molecule has 24 heavy (non-hydrogen) atoms. The van der Waals surface area contributed by atoms with Crippen molar-refractivity contribution < 1.29 is 0 Å². The summed E-state index contributed by atoms with van der Waals surface area (Å²) >= 11 is 0. The van der Waals surface area contributed by atoms with Gasteiger partial charge in [-0.1, -0.05) is 42.8 Å². The van der Waals surface area contributed by atoms with Gasteiger partial charge in [-0.3, -0.25) is 4.90 Å². The van der Waals surface area contributed by atoms with Gasteiger partial charge in [0.15, 0.2) is 0 Å². The zero-order valence-electron chi connectivity index (χ0n) is 14.7. The molecule has 1 aliphatic carbocycles. The highest BCUT2D eigenvalue weighted by Crippen LogP contribution is 2.30. The van der Waals surface area contributed by atoms with Gasteiger partial charge in [0.25, 0.3) is 0 Å². The number of rotatable bonds is 4. The molecular weight excluding hydrogens is 292 g/mol. The smallest absolute Gasteiger partial charge is 0.0710 e. The number of hydrogen-bond acceptors (Lipinski definition) is 2. The Hall–Kier alpha value is -1.80. The first-order chi connectivity index (χ1) is 11.8. The Morgan fingerprint density at radius 3 is 2.29 bits per heavy atom. The standard InChI is InChI=1S/C22H28N2/c1-18-8-7-11-21(14-18)24(17-23-12-5-2-6-13-23)22-15-19-9-3-4-10-20(19)16-22/h3-4,7-11,14,22H,2,5-6,12-13,15-17H2,1H3. The van der Waals surface area contributed by atoms with E-state index in [1.54, 1.807) is 11.1 Å². The molecule has 0 spiro atoms. The molecule has 2 aliphatic rings. The number of anilines is 1. The van der Waals surface area contributed by atoms with E-state index in [-0.39, 0.29) is 0 Å². The van der Waals surface area contributed by atoms with Gasteiger partial charge in [-0.05, 0) is 74.5 Å². The van der Waals surface area contributed by atoms with E-state index in [4.69, 9.17) is 0 Å². The van der Waals surface area contributed by atoms with Crippen LogP contribution >= 0.6 is 0 Å². The maximum Gasteiger partial charge on any atom is 0.0710 e. The van der Waals surface area contributed by atoms with Crippen LogP contribution in [0.15, 0.2) is 48.5 Å². The van der Waals surface area contributed by atoms with Crippen LogP contribution in [0.2, 0.25) is 0 Å². The SMILES string of the molecule is Cc1cccc(N(CN2CCCCC2)C2Cc3ccccc3C2)c1. The zero-order valence-corrected chi connectivity index (χ0v) is 14.7. The Balaban J connectivity index is 1.58. The molecule has 4 rings (SSSR count). The van der Waals surface area contributed by atoms with Crippen LogP contribution in [0.25, 0.3) is 0 Å². The Morgan fingerprint density at radius 2 is 1.62 bits per heavy atom. The molecule has 2 heteroatoms. The van der Waals surface area contributed by atoms with Gasteiger partial charge in [0, 0.05) is 11.7 Å². The summed E-state index contributed by atoms with van der Waals surface area (Å²) in [4.78, 5) is 5.31. The quantitative estimate of drug-likeness (QED) is 0.823. The molecule has 0 amide bonds. The summed E-state index contributed by atoms with van der Waals surface area (Å²) in [5.41, 5.74) is 5.82. The molecule has 2 nitrogen and oxygen atoms in total. The zero-order chi connectivity index (χ0) is 16.4. The summed E-state index contributed by atoms with van der Waals surface area (Å²) in [6, 6.07) is 18.6. The van der Waals surface area contributed by atoms with Crippen molar-refractivity contribution in [3.8, 4) is 0 Å². The first-order valence-electron chi connectivity index (χ1n) is 9.42. The number of hydrogen-bond donors (Lipinski definition) is 0. The van der Waals surface area contributed by atoms with Crippen LogP contribution < -0.4 is 4.90 Å². The van der Waals surface area contributed by atoms with Crippen LogP contribution in [0.3, 0.4) is 0 Å². The second-order valence-corrected chi connectivity index (χ2v) is 7.46. The van der Waals surface area contributed by atoms with E-state index in [9.17, 15) is 0 Å². The van der Waals surface area contributed by atoms with Crippen molar-refractivity contribution in [2.75, 3.05) is 24.7 Å². The lowest BCUT2D eigenvalue weighted by Crippen LogP contribution is -2.46. The van der Waals surface area contributed by atoms with E-state index in [0.717, 1.165) is 6.67 Å². The molecule has 0 aromatic heterocycles. The first kappa shape index (κ1) is 15.7. The Kier molecular flexibility index (Phi) is 4.57. The van der Waals surface area contributed by atoms with Crippen molar-refractivity contribution in [3.63, 3.8) is 0 Å². The van der Waals surface area contributed by atoms with Crippen molar-refractivity contribution >= 4 is 5.69 Å².